The van der Waals surface area contributed by atoms with Crippen molar-refractivity contribution in [1.82, 2.24) is 14.9 Å². The molecule has 1 atom stereocenters. The van der Waals surface area contributed by atoms with Crippen molar-refractivity contribution in [3.63, 3.8) is 0 Å². The highest BCUT2D eigenvalue weighted by Crippen LogP contribution is 2.33. The molecule has 0 bridgehead atoms. The monoisotopic (exact) mass is 519 g/mol. The maximum absolute atomic E-state index is 13.3. The first-order valence-electron chi connectivity index (χ1n) is 13.3. The van der Waals surface area contributed by atoms with Crippen LogP contribution in [0.1, 0.15) is 50.0 Å². The number of amides is 1. The largest absolute Gasteiger partial charge is 0.382 e. The molecular weight excluding hydrogens is 482 g/mol. The number of aromatic nitrogens is 2. The Kier molecular flexibility index (Phi) is 8.02. The smallest absolute Gasteiger partial charge is 0.275 e. The lowest BCUT2D eigenvalue weighted by Gasteiger charge is -2.36. The zero-order valence-corrected chi connectivity index (χ0v) is 22.5. The Morgan fingerprint density at radius 1 is 1.11 bits per heavy atom. The Morgan fingerprint density at radius 2 is 1.89 bits per heavy atom. The second-order valence-electron chi connectivity index (χ2n) is 10.4. The zero-order valence-electron chi connectivity index (χ0n) is 21.7. The molecule has 0 spiro atoms. The molecule has 2 fully saturated rings. The van der Waals surface area contributed by atoms with Crippen molar-refractivity contribution in [1.29, 1.82) is 0 Å². The summed E-state index contributed by atoms with van der Waals surface area (Å²) < 4.78 is 0. The second kappa shape index (κ2) is 11.6. The number of rotatable bonds is 7. The molecule has 4 heterocycles. The van der Waals surface area contributed by atoms with E-state index in [0.29, 0.717) is 17.8 Å². The van der Waals surface area contributed by atoms with Gasteiger partial charge in [-0.3, -0.25) is 9.78 Å². The van der Waals surface area contributed by atoms with Crippen molar-refractivity contribution in [2.75, 3.05) is 41.7 Å². The fourth-order valence-corrected chi connectivity index (χ4v) is 6.02. The lowest BCUT2D eigenvalue weighted by atomic mass is 10.0. The van der Waals surface area contributed by atoms with Crippen LogP contribution in [0.3, 0.4) is 0 Å². The number of carbonyl (C=O) groups excluding carboxylic acids is 1. The van der Waals surface area contributed by atoms with E-state index in [0.717, 1.165) is 79.5 Å². The number of benzene rings is 1. The van der Waals surface area contributed by atoms with Gasteiger partial charge in [-0.2, -0.15) is 0 Å². The molecule has 0 radical (unpaired) electrons. The van der Waals surface area contributed by atoms with Crippen LogP contribution in [0, 0.1) is 0 Å². The first kappa shape index (κ1) is 25.6. The molecule has 2 aliphatic heterocycles. The Balaban J connectivity index is 1.35. The van der Waals surface area contributed by atoms with Crippen molar-refractivity contribution in [3.8, 4) is 10.6 Å². The van der Waals surface area contributed by atoms with Gasteiger partial charge in [-0.1, -0.05) is 0 Å². The molecule has 9 heteroatoms. The minimum absolute atomic E-state index is 0.141. The number of hydrogen-bond donors (Lipinski definition) is 3. The summed E-state index contributed by atoms with van der Waals surface area (Å²) in [4.78, 5) is 26.8. The predicted molar refractivity (Wildman–Crippen MR) is 153 cm³/mol. The molecule has 1 amide bonds. The summed E-state index contributed by atoms with van der Waals surface area (Å²) in [6.07, 6.45) is 7.76. The van der Waals surface area contributed by atoms with E-state index < -0.39 is 0 Å². The van der Waals surface area contributed by atoms with Gasteiger partial charge >= 0.3 is 0 Å². The summed E-state index contributed by atoms with van der Waals surface area (Å²) >= 11 is 1.46. The molecule has 37 heavy (non-hydrogen) atoms. The van der Waals surface area contributed by atoms with Crippen molar-refractivity contribution < 1.29 is 4.79 Å². The highest BCUT2D eigenvalue weighted by Gasteiger charge is 2.24. The normalized spacial score (nSPS) is 19.2. The van der Waals surface area contributed by atoms with Crippen LogP contribution in [0.5, 0.6) is 0 Å². The third-order valence-corrected chi connectivity index (χ3v) is 8.23. The van der Waals surface area contributed by atoms with Crippen LogP contribution < -0.4 is 21.3 Å². The third-order valence-electron chi connectivity index (χ3n) is 7.34. The minimum Gasteiger partial charge on any atom is -0.382 e. The van der Waals surface area contributed by atoms with E-state index in [9.17, 15) is 4.79 Å². The van der Waals surface area contributed by atoms with Gasteiger partial charge in [-0.25, -0.2) is 4.98 Å². The number of pyridine rings is 1. The molecule has 1 unspecified atom stereocenters. The van der Waals surface area contributed by atoms with Gasteiger partial charge < -0.3 is 26.2 Å². The molecule has 0 saturated carbocycles. The van der Waals surface area contributed by atoms with Crippen LogP contribution in [-0.2, 0) is 0 Å². The topological polar surface area (TPSA) is 99.4 Å². The van der Waals surface area contributed by atoms with Crippen molar-refractivity contribution in [2.45, 2.75) is 57.7 Å². The number of nitrogens with zero attached hydrogens (tertiary/aromatic N) is 4. The van der Waals surface area contributed by atoms with E-state index >= 15 is 0 Å². The van der Waals surface area contributed by atoms with Crippen LogP contribution in [-0.4, -0.2) is 65.1 Å². The zero-order chi connectivity index (χ0) is 25.8. The van der Waals surface area contributed by atoms with E-state index in [-0.39, 0.29) is 11.9 Å². The molecule has 196 valence electrons. The van der Waals surface area contributed by atoms with Gasteiger partial charge in [0.05, 0.1) is 11.4 Å². The number of piperidine rings is 2. The first-order chi connectivity index (χ1) is 18.0. The SMILES string of the molecule is CC(C)N1CCC(Nc2ccc(N3CCCC(N)C3)c(NC(=O)c3csc(-c4ccncc4)n3)c2)CC1. The molecule has 8 nitrogen and oxygen atoms in total. The number of hydrogen-bond acceptors (Lipinski definition) is 8. The van der Waals surface area contributed by atoms with E-state index in [2.05, 4.69) is 62.4 Å². The quantitative estimate of drug-likeness (QED) is 0.417. The average molecular weight is 520 g/mol. The number of carbonyl (C=O) groups is 1. The standard InChI is InChI=1S/C28H37N7OS/c1-19(2)34-14-9-22(10-15-34)31-23-5-6-26(35-13-3-4-21(29)17-35)24(16-23)32-27(36)25-18-37-28(33-25)20-7-11-30-12-8-20/h5-8,11-12,16,18-19,21-22,31H,3-4,9-10,13-15,17,29H2,1-2H3,(H,32,36). The van der Waals surface area contributed by atoms with E-state index in [1.54, 1.807) is 12.4 Å². The summed E-state index contributed by atoms with van der Waals surface area (Å²) in [7, 11) is 0. The predicted octanol–water partition coefficient (Wildman–Crippen LogP) is 4.67. The summed E-state index contributed by atoms with van der Waals surface area (Å²) in [6, 6.07) is 11.3. The molecular formula is C28H37N7OS. The van der Waals surface area contributed by atoms with Crippen LogP contribution in [0.4, 0.5) is 17.1 Å². The van der Waals surface area contributed by atoms with Gasteiger partial charge in [0.1, 0.15) is 10.7 Å². The fourth-order valence-electron chi connectivity index (χ4n) is 5.22. The molecule has 3 aromatic rings. The number of nitrogens with one attached hydrogen (secondary N) is 2. The number of thiazole rings is 1. The summed E-state index contributed by atoms with van der Waals surface area (Å²) in [6.45, 7) is 8.44. The Morgan fingerprint density at radius 3 is 2.62 bits per heavy atom. The van der Waals surface area contributed by atoms with Gasteiger partial charge in [-0.05, 0) is 69.9 Å². The highest BCUT2D eigenvalue weighted by atomic mass is 32.1. The van der Waals surface area contributed by atoms with Crippen LogP contribution in [0.15, 0.2) is 48.1 Å². The Bertz CT molecular complexity index is 1190. The van der Waals surface area contributed by atoms with E-state index in [1.807, 2.05) is 17.5 Å². The fraction of sp³-hybridized carbons (Fsp3) is 0.464. The maximum atomic E-state index is 13.3. The lowest BCUT2D eigenvalue weighted by Crippen LogP contribution is -2.43. The summed E-state index contributed by atoms with van der Waals surface area (Å²) in [5, 5.41) is 9.50. The van der Waals surface area contributed by atoms with Gasteiger partial charge in [0.15, 0.2) is 0 Å². The molecule has 5 rings (SSSR count). The van der Waals surface area contributed by atoms with Crippen molar-refractivity contribution in [3.05, 3.63) is 53.8 Å². The van der Waals surface area contributed by atoms with Gasteiger partial charge in [0, 0.05) is 73.3 Å². The van der Waals surface area contributed by atoms with E-state index in [4.69, 9.17) is 5.73 Å². The van der Waals surface area contributed by atoms with Crippen LogP contribution >= 0.6 is 11.3 Å². The molecule has 2 aliphatic rings. The first-order valence-corrected chi connectivity index (χ1v) is 14.2. The minimum atomic E-state index is -0.207. The van der Waals surface area contributed by atoms with Gasteiger partial charge in [-0.15, -0.1) is 11.3 Å². The number of anilines is 3. The molecule has 2 aromatic heterocycles. The molecule has 1 aromatic carbocycles. The second-order valence-corrected chi connectivity index (χ2v) is 11.2. The average Bonchev–Trinajstić information content (AvgIpc) is 3.40. The van der Waals surface area contributed by atoms with Crippen molar-refractivity contribution >= 4 is 34.3 Å². The van der Waals surface area contributed by atoms with E-state index in [1.165, 1.54) is 11.3 Å². The maximum Gasteiger partial charge on any atom is 0.275 e. The van der Waals surface area contributed by atoms with Crippen molar-refractivity contribution in [2.24, 2.45) is 5.73 Å². The lowest BCUT2D eigenvalue weighted by molar-refractivity contribution is 0.102. The van der Waals surface area contributed by atoms with Gasteiger partial charge in [0.2, 0.25) is 0 Å². The molecule has 0 aliphatic carbocycles. The van der Waals surface area contributed by atoms with Gasteiger partial charge in [0.25, 0.3) is 5.91 Å². The van der Waals surface area contributed by atoms with Crippen LogP contribution in [0.2, 0.25) is 0 Å². The molecule has 2 saturated heterocycles. The Hall–Kier alpha value is -3.01. The summed E-state index contributed by atoms with van der Waals surface area (Å²) in [5.41, 5.74) is 10.5. The third kappa shape index (κ3) is 6.29. The van der Waals surface area contributed by atoms with Crippen LogP contribution in [0.25, 0.3) is 10.6 Å². The Labute approximate surface area is 223 Å². The highest BCUT2D eigenvalue weighted by molar-refractivity contribution is 7.13. The number of likely N-dealkylation sites (tertiary alicyclic amines) is 1. The summed E-state index contributed by atoms with van der Waals surface area (Å²) in [5.74, 6) is -0.207. The molecule has 4 N–H and O–H groups in total. The number of nitrogens with two attached hydrogens (primary N) is 1.